The number of nitrogens with one attached hydrogen (secondary N) is 1. The molecule has 3 aromatic rings. The van der Waals surface area contributed by atoms with Crippen LogP contribution in [0.1, 0.15) is 24.4 Å². The van der Waals surface area contributed by atoms with E-state index in [0.29, 0.717) is 18.3 Å². The third-order valence-electron chi connectivity index (χ3n) is 3.98. The van der Waals surface area contributed by atoms with Crippen LogP contribution < -0.4 is 5.32 Å². The Balaban J connectivity index is 1.39. The zero-order valence-electron chi connectivity index (χ0n) is 13.6. The van der Waals surface area contributed by atoms with Gasteiger partial charge >= 0.3 is 0 Å². The molecular formula is C18H18N4OS2. The molecule has 0 saturated heterocycles. The van der Waals surface area contributed by atoms with Gasteiger partial charge in [-0.2, -0.15) is 0 Å². The van der Waals surface area contributed by atoms with Crippen molar-refractivity contribution in [2.45, 2.75) is 30.6 Å². The summed E-state index contributed by atoms with van der Waals surface area (Å²) in [6.45, 7) is 0.552. The van der Waals surface area contributed by atoms with E-state index in [0.717, 1.165) is 34.3 Å². The van der Waals surface area contributed by atoms with Crippen LogP contribution in [0.4, 0.5) is 0 Å². The average Bonchev–Trinajstić information content (AvgIpc) is 3.17. The molecule has 0 bridgehead atoms. The van der Waals surface area contributed by atoms with Crippen LogP contribution in [-0.2, 0) is 11.3 Å². The van der Waals surface area contributed by atoms with Crippen LogP contribution >= 0.6 is 23.1 Å². The van der Waals surface area contributed by atoms with Gasteiger partial charge in [-0.1, -0.05) is 48.2 Å². The summed E-state index contributed by atoms with van der Waals surface area (Å²) in [5.74, 6) is 1.28. The van der Waals surface area contributed by atoms with Gasteiger partial charge in [0.1, 0.15) is 0 Å². The standard InChI is InChI=1S/C18H18N4OS2/c23-16(19-11-13-5-2-1-3-6-13)12-25-18-21-20-17(15-7-4-10-24-15)22(18)14-8-9-14/h1-7,10,14H,8-9,11-12H2,(H,19,23). The first kappa shape index (κ1) is 16.4. The van der Waals surface area contributed by atoms with E-state index in [1.54, 1.807) is 11.3 Å². The quantitative estimate of drug-likeness (QED) is 0.644. The first-order valence-corrected chi connectivity index (χ1v) is 10.1. The van der Waals surface area contributed by atoms with E-state index in [4.69, 9.17) is 0 Å². The van der Waals surface area contributed by atoms with Crippen molar-refractivity contribution in [3.8, 4) is 10.7 Å². The lowest BCUT2D eigenvalue weighted by atomic mass is 10.2. The van der Waals surface area contributed by atoms with Gasteiger partial charge in [-0.15, -0.1) is 21.5 Å². The minimum absolute atomic E-state index is 0.0110. The van der Waals surface area contributed by atoms with E-state index in [1.165, 1.54) is 11.8 Å². The normalized spacial score (nSPS) is 13.8. The van der Waals surface area contributed by atoms with Gasteiger partial charge in [-0.05, 0) is 29.9 Å². The summed E-state index contributed by atoms with van der Waals surface area (Å²) in [6, 6.07) is 14.5. The highest BCUT2D eigenvalue weighted by molar-refractivity contribution is 7.99. The second-order valence-corrected chi connectivity index (χ2v) is 7.83. The highest BCUT2D eigenvalue weighted by Crippen LogP contribution is 2.41. The van der Waals surface area contributed by atoms with Crippen LogP contribution in [-0.4, -0.2) is 26.4 Å². The number of thiophene rings is 1. The van der Waals surface area contributed by atoms with Crippen LogP contribution in [0.2, 0.25) is 0 Å². The van der Waals surface area contributed by atoms with Crippen molar-refractivity contribution in [1.82, 2.24) is 20.1 Å². The third-order valence-corrected chi connectivity index (χ3v) is 5.79. The summed E-state index contributed by atoms with van der Waals surface area (Å²) in [6.07, 6.45) is 2.31. The van der Waals surface area contributed by atoms with E-state index >= 15 is 0 Å². The Morgan fingerprint density at radius 1 is 1.20 bits per heavy atom. The van der Waals surface area contributed by atoms with Crippen molar-refractivity contribution in [3.63, 3.8) is 0 Å². The molecule has 0 radical (unpaired) electrons. The van der Waals surface area contributed by atoms with Gasteiger partial charge in [0, 0.05) is 12.6 Å². The van der Waals surface area contributed by atoms with E-state index in [2.05, 4.69) is 26.1 Å². The molecule has 0 unspecified atom stereocenters. The number of nitrogens with zero attached hydrogens (tertiary/aromatic N) is 3. The van der Waals surface area contributed by atoms with E-state index in [1.807, 2.05) is 41.8 Å². The predicted octanol–water partition coefficient (Wildman–Crippen LogP) is 3.75. The van der Waals surface area contributed by atoms with Crippen molar-refractivity contribution in [3.05, 3.63) is 53.4 Å². The summed E-state index contributed by atoms with van der Waals surface area (Å²) in [5.41, 5.74) is 1.10. The first-order chi connectivity index (χ1) is 12.3. The Bertz CT molecular complexity index is 841. The molecule has 1 aromatic carbocycles. The van der Waals surface area contributed by atoms with Crippen LogP contribution in [0.3, 0.4) is 0 Å². The molecule has 1 aliphatic rings. The first-order valence-electron chi connectivity index (χ1n) is 8.23. The number of amides is 1. The number of aromatic nitrogens is 3. The van der Waals surface area contributed by atoms with Gasteiger partial charge in [0.15, 0.2) is 11.0 Å². The van der Waals surface area contributed by atoms with Gasteiger partial charge < -0.3 is 5.32 Å². The minimum atomic E-state index is 0.0110. The molecular weight excluding hydrogens is 352 g/mol. The van der Waals surface area contributed by atoms with Gasteiger partial charge in [0.2, 0.25) is 5.91 Å². The van der Waals surface area contributed by atoms with Crippen molar-refractivity contribution >= 4 is 29.0 Å². The van der Waals surface area contributed by atoms with Crippen LogP contribution in [0.25, 0.3) is 10.7 Å². The highest BCUT2D eigenvalue weighted by atomic mass is 32.2. The monoisotopic (exact) mass is 370 g/mol. The van der Waals surface area contributed by atoms with Crippen molar-refractivity contribution in [2.24, 2.45) is 0 Å². The SMILES string of the molecule is O=C(CSc1nnc(-c2cccs2)n1C1CC1)NCc1ccccc1. The number of rotatable bonds is 7. The molecule has 2 aromatic heterocycles. The molecule has 0 spiro atoms. The zero-order valence-corrected chi connectivity index (χ0v) is 15.2. The summed E-state index contributed by atoms with van der Waals surface area (Å²) < 4.78 is 2.20. The lowest BCUT2D eigenvalue weighted by Crippen LogP contribution is -2.24. The summed E-state index contributed by atoms with van der Waals surface area (Å²) in [5, 5.41) is 14.5. The zero-order chi connectivity index (χ0) is 17.1. The van der Waals surface area contributed by atoms with Crippen LogP contribution in [0, 0.1) is 0 Å². The maximum atomic E-state index is 12.1. The van der Waals surface area contributed by atoms with E-state index in [-0.39, 0.29) is 5.91 Å². The predicted molar refractivity (Wildman–Crippen MR) is 101 cm³/mol. The largest absolute Gasteiger partial charge is 0.351 e. The smallest absolute Gasteiger partial charge is 0.230 e. The Labute approximate surface area is 154 Å². The van der Waals surface area contributed by atoms with Gasteiger partial charge in [0.25, 0.3) is 0 Å². The van der Waals surface area contributed by atoms with Gasteiger partial charge in [0.05, 0.1) is 10.6 Å². The fourth-order valence-corrected chi connectivity index (χ4v) is 4.13. The second kappa shape index (κ2) is 7.41. The molecule has 5 nitrogen and oxygen atoms in total. The molecule has 1 fully saturated rings. The molecule has 1 amide bonds. The van der Waals surface area contributed by atoms with Crippen LogP contribution in [0.15, 0.2) is 53.0 Å². The maximum absolute atomic E-state index is 12.1. The Hall–Kier alpha value is -2.12. The summed E-state index contributed by atoms with van der Waals surface area (Å²) in [4.78, 5) is 13.3. The minimum Gasteiger partial charge on any atom is -0.351 e. The fraction of sp³-hybridized carbons (Fsp3) is 0.278. The Kier molecular flexibility index (Phi) is 4.85. The molecule has 4 rings (SSSR count). The maximum Gasteiger partial charge on any atom is 0.230 e. The summed E-state index contributed by atoms with van der Waals surface area (Å²) in [7, 11) is 0. The van der Waals surface area contributed by atoms with Crippen molar-refractivity contribution < 1.29 is 4.79 Å². The molecule has 2 heterocycles. The number of thioether (sulfide) groups is 1. The molecule has 25 heavy (non-hydrogen) atoms. The summed E-state index contributed by atoms with van der Waals surface area (Å²) >= 11 is 3.13. The molecule has 7 heteroatoms. The van der Waals surface area contributed by atoms with E-state index < -0.39 is 0 Å². The number of benzene rings is 1. The number of hydrogen-bond acceptors (Lipinski definition) is 5. The van der Waals surface area contributed by atoms with E-state index in [9.17, 15) is 4.79 Å². The van der Waals surface area contributed by atoms with Gasteiger partial charge in [-0.3, -0.25) is 9.36 Å². The third kappa shape index (κ3) is 3.93. The molecule has 1 aliphatic carbocycles. The lowest BCUT2D eigenvalue weighted by Gasteiger charge is -2.08. The van der Waals surface area contributed by atoms with Gasteiger partial charge in [-0.25, -0.2) is 0 Å². The Morgan fingerprint density at radius 3 is 2.76 bits per heavy atom. The second-order valence-electron chi connectivity index (χ2n) is 5.94. The number of carbonyl (C=O) groups excluding carboxylic acids is 1. The molecule has 0 atom stereocenters. The highest BCUT2D eigenvalue weighted by Gasteiger charge is 2.30. The molecule has 0 aliphatic heterocycles. The topological polar surface area (TPSA) is 59.8 Å². The molecule has 1 N–H and O–H groups in total. The number of carbonyl (C=O) groups is 1. The average molecular weight is 371 g/mol. The van der Waals surface area contributed by atoms with Crippen LogP contribution in [0.5, 0.6) is 0 Å². The molecule has 1 saturated carbocycles. The Morgan fingerprint density at radius 2 is 2.04 bits per heavy atom. The fourth-order valence-electron chi connectivity index (χ4n) is 2.59. The lowest BCUT2D eigenvalue weighted by molar-refractivity contribution is -0.118. The van der Waals surface area contributed by atoms with Crippen molar-refractivity contribution in [2.75, 3.05) is 5.75 Å². The number of hydrogen-bond donors (Lipinski definition) is 1. The van der Waals surface area contributed by atoms with Crippen molar-refractivity contribution in [1.29, 1.82) is 0 Å². The molecule has 128 valence electrons.